The molecule has 0 saturated carbocycles. The fourth-order valence-electron chi connectivity index (χ4n) is 1.22. The number of methoxy groups -OCH3 is 2. The largest absolute Gasteiger partial charge is 0.493 e. The fraction of sp³-hybridized carbons (Fsp3) is 0.364. The van der Waals surface area contributed by atoms with Crippen LogP contribution in [0.1, 0.15) is 6.92 Å². The van der Waals surface area contributed by atoms with Gasteiger partial charge in [-0.05, 0) is 19.1 Å². The molecule has 1 N–H and O–H groups in total. The van der Waals surface area contributed by atoms with Crippen molar-refractivity contribution in [3.8, 4) is 17.2 Å². The summed E-state index contributed by atoms with van der Waals surface area (Å²) in [5.41, 5.74) is 0. The second kappa shape index (κ2) is 5.85. The van der Waals surface area contributed by atoms with Gasteiger partial charge in [-0.15, -0.1) is 0 Å². The predicted molar refractivity (Wildman–Crippen MR) is 59.2 cm³/mol. The van der Waals surface area contributed by atoms with Gasteiger partial charge in [0.25, 0.3) is 0 Å². The van der Waals surface area contributed by atoms with Crippen LogP contribution < -0.4 is 19.5 Å². The van der Waals surface area contributed by atoms with Crippen molar-refractivity contribution in [3.63, 3.8) is 0 Å². The quantitative estimate of drug-likeness (QED) is 0.849. The predicted octanol–water partition coefficient (Wildman–Crippen LogP) is 1.81. The van der Waals surface area contributed by atoms with Crippen LogP contribution in [-0.2, 0) is 0 Å². The van der Waals surface area contributed by atoms with E-state index in [2.05, 4.69) is 5.32 Å². The lowest BCUT2D eigenvalue weighted by Gasteiger charge is -2.12. The van der Waals surface area contributed by atoms with Crippen LogP contribution in [-0.4, -0.2) is 26.9 Å². The van der Waals surface area contributed by atoms with Crippen molar-refractivity contribution >= 4 is 6.09 Å². The van der Waals surface area contributed by atoms with Gasteiger partial charge >= 0.3 is 6.09 Å². The summed E-state index contributed by atoms with van der Waals surface area (Å²) in [6, 6.07) is 5.08. The molecule has 1 aromatic rings. The third kappa shape index (κ3) is 2.79. The number of rotatable bonds is 4. The summed E-state index contributed by atoms with van der Waals surface area (Å²) in [5.74, 6) is 1.24. The minimum Gasteiger partial charge on any atom is -0.493 e. The lowest BCUT2D eigenvalue weighted by Crippen LogP contribution is -2.26. The minimum atomic E-state index is -0.519. The summed E-state index contributed by atoms with van der Waals surface area (Å²) in [6.45, 7) is 2.31. The number of benzene rings is 1. The van der Waals surface area contributed by atoms with Crippen LogP contribution in [0.4, 0.5) is 4.79 Å². The number of nitrogens with one attached hydrogen (secondary N) is 1. The van der Waals surface area contributed by atoms with Crippen LogP contribution >= 0.6 is 0 Å². The molecule has 0 bridgehead atoms. The van der Waals surface area contributed by atoms with Crippen molar-refractivity contribution < 1.29 is 19.0 Å². The van der Waals surface area contributed by atoms with E-state index in [0.29, 0.717) is 23.8 Å². The first-order valence-corrected chi connectivity index (χ1v) is 4.89. The average molecular weight is 225 g/mol. The summed E-state index contributed by atoms with van der Waals surface area (Å²) < 4.78 is 15.3. The van der Waals surface area contributed by atoms with E-state index in [9.17, 15) is 4.79 Å². The highest BCUT2D eigenvalue weighted by atomic mass is 16.6. The molecule has 0 spiro atoms. The van der Waals surface area contributed by atoms with Crippen molar-refractivity contribution in [1.29, 1.82) is 0 Å². The third-order valence-corrected chi connectivity index (χ3v) is 1.89. The number of hydrogen-bond acceptors (Lipinski definition) is 4. The van der Waals surface area contributed by atoms with Gasteiger partial charge in [0, 0.05) is 6.54 Å². The zero-order valence-electron chi connectivity index (χ0n) is 9.57. The summed E-state index contributed by atoms with van der Waals surface area (Å²) in [6.07, 6.45) is -0.519. The van der Waals surface area contributed by atoms with Crippen molar-refractivity contribution in [2.75, 3.05) is 20.8 Å². The summed E-state index contributed by atoms with van der Waals surface area (Å²) in [7, 11) is 3.01. The normalized spacial score (nSPS) is 9.44. The van der Waals surface area contributed by atoms with Crippen LogP contribution in [0.2, 0.25) is 0 Å². The highest BCUT2D eigenvalue weighted by molar-refractivity contribution is 5.72. The molecule has 0 heterocycles. The van der Waals surface area contributed by atoms with Gasteiger partial charge < -0.3 is 19.5 Å². The highest BCUT2D eigenvalue weighted by Gasteiger charge is 2.13. The molecule has 0 aliphatic heterocycles. The van der Waals surface area contributed by atoms with Gasteiger partial charge in [0.15, 0.2) is 11.5 Å². The Kier molecular flexibility index (Phi) is 4.44. The molecule has 0 aromatic heterocycles. The molecule has 0 aliphatic rings. The van der Waals surface area contributed by atoms with Crippen molar-refractivity contribution in [2.45, 2.75) is 6.92 Å². The molecule has 1 aromatic carbocycles. The first-order valence-electron chi connectivity index (χ1n) is 4.89. The van der Waals surface area contributed by atoms with Crippen LogP contribution in [0.3, 0.4) is 0 Å². The Morgan fingerprint density at radius 3 is 2.50 bits per heavy atom. The molecule has 0 fully saturated rings. The zero-order chi connectivity index (χ0) is 12.0. The van der Waals surface area contributed by atoms with E-state index in [1.807, 2.05) is 6.92 Å². The Bertz CT molecular complexity index is 365. The molecule has 5 heteroatoms. The first-order chi connectivity index (χ1) is 7.72. The topological polar surface area (TPSA) is 56.8 Å². The number of amides is 1. The van der Waals surface area contributed by atoms with E-state index in [4.69, 9.17) is 14.2 Å². The number of carbonyl (C=O) groups excluding carboxylic acids is 1. The Hall–Kier alpha value is -1.91. The standard InChI is InChI=1S/C11H15NO4/c1-4-12-11(13)16-9-7-5-6-8(14-2)10(9)15-3/h5-7H,4H2,1-3H3,(H,12,13). The van der Waals surface area contributed by atoms with E-state index >= 15 is 0 Å². The molecule has 88 valence electrons. The maximum Gasteiger partial charge on any atom is 0.412 e. The van der Waals surface area contributed by atoms with E-state index < -0.39 is 6.09 Å². The van der Waals surface area contributed by atoms with E-state index in [1.165, 1.54) is 14.2 Å². The van der Waals surface area contributed by atoms with Gasteiger partial charge in [-0.1, -0.05) is 6.07 Å². The Balaban J connectivity index is 2.90. The van der Waals surface area contributed by atoms with E-state index in [-0.39, 0.29) is 0 Å². The average Bonchev–Trinajstić information content (AvgIpc) is 2.29. The van der Waals surface area contributed by atoms with Crippen LogP contribution in [0.5, 0.6) is 17.2 Å². The molecular weight excluding hydrogens is 210 g/mol. The molecule has 5 nitrogen and oxygen atoms in total. The molecule has 1 amide bonds. The molecule has 16 heavy (non-hydrogen) atoms. The smallest absolute Gasteiger partial charge is 0.412 e. The maximum atomic E-state index is 11.3. The fourth-order valence-corrected chi connectivity index (χ4v) is 1.22. The Labute approximate surface area is 94.3 Å². The number of hydrogen-bond donors (Lipinski definition) is 1. The molecule has 0 unspecified atom stereocenters. The SMILES string of the molecule is CCNC(=O)Oc1cccc(OC)c1OC. The maximum absolute atomic E-state index is 11.3. The van der Waals surface area contributed by atoms with E-state index in [0.717, 1.165) is 0 Å². The Morgan fingerprint density at radius 2 is 1.94 bits per heavy atom. The minimum absolute atomic E-state index is 0.327. The van der Waals surface area contributed by atoms with Gasteiger partial charge in [-0.3, -0.25) is 0 Å². The summed E-state index contributed by atoms with van der Waals surface area (Å²) in [5, 5.41) is 2.53. The highest BCUT2D eigenvalue weighted by Crippen LogP contribution is 2.36. The molecule has 0 saturated heterocycles. The van der Waals surface area contributed by atoms with Crippen LogP contribution in [0, 0.1) is 0 Å². The van der Waals surface area contributed by atoms with Gasteiger partial charge in [0.05, 0.1) is 14.2 Å². The van der Waals surface area contributed by atoms with Crippen LogP contribution in [0.15, 0.2) is 18.2 Å². The first kappa shape index (κ1) is 12.2. The third-order valence-electron chi connectivity index (χ3n) is 1.89. The molecule has 1 rings (SSSR count). The number of ether oxygens (including phenoxy) is 3. The van der Waals surface area contributed by atoms with Gasteiger partial charge in [0.2, 0.25) is 5.75 Å². The molecule has 0 aliphatic carbocycles. The number of carbonyl (C=O) groups is 1. The van der Waals surface area contributed by atoms with Crippen LogP contribution in [0.25, 0.3) is 0 Å². The molecule has 0 atom stereocenters. The second-order valence-electron chi connectivity index (χ2n) is 2.91. The second-order valence-corrected chi connectivity index (χ2v) is 2.91. The molecular formula is C11H15NO4. The van der Waals surface area contributed by atoms with Gasteiger partial charge in [-0.2, -0.15) is 0 Å². The Morgan fingerprint density at radius 1 is 1.25 bits per heavy atom. The van der Waals surface area contributed by atoms with Crippen molar-refractivity contribution in [3.05, 3.63) is 18.2 Å². The summed E-state index contributed by atoms with van der Waals surface area (Å²) in [4.78, 5) is 11.3. The van der Waals surface area contributed by atoms with Crippen molar-refractivity contribution in [1.82, 2.24) is 5.32 Å². The van der Waals surface area contributed by atoms with Crippen molar-refractivity contribution in [2.24, 2.45) is 0 Å². The van der Waals surface area contributed by atoms with Gasteiger partial charge in [-0.25, -0.2) is 4.79 Å². The monoisotopic (exact) mass is 225 g/mol. The lowest BCUT2D eigenvalue weighted by molar-refractivity contribution is 0.198. The molecule has 0 radical (unpaired) electrons. The lowest BCUT2D eigenvalue weighted by atomic mass is 10.3. The zero-order valence-corrected chi connectivity index (χ0v) is 9.57. The number of para-hydroxylation sites is 1. The van der Waals surface area contributed by atoms with E-state index in [1.54, 1.807) is 18.2 Å². The summed E-state index contributed by atoms with van der Waals surface area (Å²) >= 11 is 0. The van der Waals surface area contributed by atoms with Gasteiger partial charge in [0.1, 0.15) is 0 Å².